The highest BCUT2D eigenvalue weighted by Gasteiger charge is 2.09. The lowest BCUT2D eigenvalue weighted by Gasteiger charge is -2.18. The summed E-state index contributed by atoms with van der Waals surface area (Å²) in [6, 6.07) is 1.81. The van der Waals surface area contributed by atoms with Gasteiger partial charge in [-0.05, 0) is 41.5 Å². The van der Waals surface area contributed by atoms with Crippen molar-refractivity contribution in [2.75, 3.05) is 5.32 Å². The van der Waals surface area contributed by atoms with Crippen LogP contribution in [0.25, 0.3) is 0 Å². The van der Waals surface area contributed by atoms with Crippen molar-refractivity contribution in [1.82, 2.24) is 4.98 Å². The highest BCUT2D eigenvalue weighted by atomic mass is 127. The fourth-order valence-electron chi connectivity index (χ4n) is 0.903. The Labute approximate surface area is 97.5 Å². The van der Waals surface area contributed by atoms with Crippen LogP contribution in [0.4, 0.5) is 10.2 Å². The monoisotopic (exact) mass is 308 g/mol. The van der Waals surface area contributed by atoms with Crippen LogP contribution < -0.4 is 5.32 Å². The van der Waals surface area contributed by atoms with E-state index in [1.807, 2.05) is 0 Å². The van der Waals surface area contributed by atoms with Gasteiger partial charge in [-0.15, -0.1) is 0 Å². The van der Waals surface area contributed by atoms with E-state index in [1.165, 1.54) is 12.3 Å². The van der Waals surface area contributed by atoms with E-state index in [0.29, 0.717) is 12.0 Å². The van der Waals surface area contributed by atoms with Crippen LogP contribution in [-0.2, 0) is 0 Å². The highest BCUT2D eigenvalue weighted by molar-refractivity contribution is 14.1. The van der Waals surface area contributed by atoms with Crippen LogP contribution in [0.1, 0.15) is 20.8 Å². The molecule has 1 unspecified atom stereocenters. The lowest BCUT2D eigenvalue weighted by atomic mass is 10.1. The van der Waals surface area contributed by atoms with Crippen LogP contribution in [-0.4, -0.2) is 11.0 Å². The molecule has 14 heavy (non-hydrogen) atoms. The molecule has 1 aromatic heterocycles. The molecule has 78 valence electrons. The Morgan fingerprint density at radius 2 is 2.07 bits per heavy atom. The average molecular weight is 308 g/mol. The predicted molar refractivity (Wildman–Crippen MR) is 64.8 cm³/mol. The maximum Gasteiger partial charge on any atom is 0.142 e. The van der Waals surface area contributed by atoms with Crippen LogP contribution in [0.15, 0.2) is 12.3 Å². The minimum atomic E-state index is -0.294. The highest BCUT2D eigenvalue weighted by Crippen LogP contribution is 2.18. The Morgan fingerprint density at radius 3 is 2.57 bits per heavy atom. The summed E-state index contributed by atoms with van der Waals surface area (Å²) in [5, 5.41) is 3.25. The second kappa shape index (κ2) is 4.91. The number of aromatic nitrogens is 1. The van der Waals surface area contributed by atoms with Gasteiger partial charge >= 0.3 is 0 Å². The third-order valence-electron chi connectivity index (χ3n) is 2.17. The van der Waals surface area contributed by atoms with Gasteiger partial charge in [0.25, 0.3) is 0 Å². The summed E-state index contributed by atoms with van der Waals surface area (Å²) in [5.41, 5.74) is 0. The van der Waals surface area contributed by atoms with Gasteiger partial charge in [0.1, 0.15) is 11.6 Å². The molecule has 0 saturated carbocycles. The number of hydrogen-bond donors (Lipinski definition) is 1. The topological polar surface area (TPSA) is 24.9 Å². The van der Waals surface area contributed by atoms with E-state index < -0.39 is 0 Å². The first-order chi connectivity index (χ1) is 6.50. The molecular formula is C10H14FIN2. The molecule has 2 nitrogen and oxygen atoms in total. The van der Waals surface area contributed by atoms with Crippen LogP contribution in [0.2, 0.25) is 0 Å². The number of hydrogen-bond acceptors (Lipinski definition) is 2. The molecular weight excluding hydrogens is 294 g/mol. The molecule has 0 bridgehead atoms. The van der Waals surface area contributed by atoms with Crippen molar-refractivity contribution in [2.24, 2.45) is 5.92 Å². The molecule has 4 heteroatoms. The molecule has 0 saturated heterocycles. The van der Waals surface area contributed by atoms with Gasteiger partial charge in [-0.2, -0.15) is 0 Å². The Hall–Kier alpha value is -0.390. The number of pyridine rings is 1. The van der Waals surface area contributed by atoms with Gasteiger partial charge in [0.2, 0.25) is 0 Å². The number of nitrogens with one attached hydrogen (secondary N) is 1. The molecule has 1 N–H and O–H groups in total. The van der Waals surface area contributed by atoms with Crippen molar-refractivity contribution in [1.29, 1.82) is 0 Å². The SMILES string of the molecule is CC(C)C(C)Nc1ncc(F)cc1I. The van der Waals surface area contributed by atoms with E-state index >= 15 is 0 Å². The van der Waals surface area contributed by atoms with E-state index in [-0.39, 0.29) is 5.82 Å². The van der Waals surface area contributed by atoms with Crippen molar-refractivity contribution < 1.29 is 4.39 Å². The fourth-order valence-corrected chi connectivity index (χ4v) is 1.50. The molecule has 0 amide bonds. The van der Waals surface area contributed by atoms with Gasteiger partial charge in [0, 0.05) is 6.04 Å². The van der Waals surface area contributed by atoms with E-state index in [0.717, 1.165) is 9.39 Å². The van der Waals surface area contributed by atoms with Crippen LogP contribution in [0.5, 0.6) is 0 Å². The molecule has 0 aliphatic heterocycles. The molecule has 1 aromatic rings. The van der Waals surface area contributed by atoms with Crippen molar-refractivity contribution in [2.45, 2.75) is 26.8 Å². The maximum absolute atomic E-state index is 12.7. The summed E-state index contributed by atoms with van der Waals surface area (Å²) in [5.74, 6) is 0.989. The van der Waals surface area contributed by atoms with Crippen molar-refractivity contribution in [3.8, 4) is 0 Å². The largest absolute Gasteiger partial charge is 0.366 e. The summed E-state index contributed by atoms with van der Waals surface area (Å²) >= 11 is 2.08. The zero-order valence-electron chi connectivity index (χ0n) is 8.51. The first kappa shape index (κ1) is 11.7. The molecule has 1 heterocycles. The Kier molecular flexibility index (Phi) is 4.10. The standard InChI is InChI=1S/C10H14FIN2/c1-6(2)7(3)14-10-9(12)4-8(11)5-13-10/h4-7H,1-3H3,(H,13,14). The molecule has 0 aliphatic carbocycles. The lowest BCUT2D eigenvalue weighted by molar-refractivity contribution is 0.557. The van der Waals surface area contributed by atoms with E-state index in [2.05, 4.69) is 53.7 Å². The van der Waals surface area contributed by atoms with Gasteiger partial charge in [-0.3, -0.25) is 0 Å². The zero-order chi connectivity index (χ0) is 10.7. The smallest absolute Gasteiger partial charge is 0.142 e. The summed E-state index contributed by atoms with van der Waals surface area (Å²) in [4.78, 5) is 4.01. The van der Waals surface area contributed by atoms with Gasteiger partial charge in [0.15, 0.2) is 0 Å². The van der Waals surface area contributed by atoms with Gasteiger partial charge in [-0.25, -0.2) is 9.37 Å². The van der Waals surface area contributed by atoms with Gasteiger partial charge in [0.05, 0.1) is 9.77 Å². The predicted octanol–water partition coefficient (Wildman–Crippen LogP) is 3.28. The third-order valence-corrected chi connectivity index (χ3v) is 2.99. The van der Waals surface area contributed by atoms with Gasteiger partial charge in [-0.1, -0.05) is 13.8 Å². The third kappa shape index (κ3) is 3.08. The zero-order valence-corrected chi connectivity index (χ0v) is 10.7. The number of anilines is 1. The number of nitrogens with zero attached hydrogens (tertiary/aromatic N) is 1. The summed E-state index contributed by atoms with van der Waals surface area (Å²) < 4.78 is 13.6. The van der Waals surface area contributed by atoms with E-state index in [1.54, 1.807) is 0 Å². The molecule has 0 aliphatic rings. The first-order valence-corrected chi connectivity index (χ1v) is 5.66. The van der Waals surface area contributed by atoms with E-state index in [9.17, 15) is 4.39 Å². The average Bonchev–Trinajstić information content (AvgIpc) is 2.09. The Morgan fingerprint density at radius 1 is 1.43 bits per heavy atom. The molecule has 1 rings (SSSR count). The number of rotatable bonds is 3. The van der Waals surface area contributed by atoms with E-state index in [4.69, 9.17) is 0 Å². The maximum atomic E-state index is 12.7. The number of halogens is 2. The minimum absolute atomic E-state index is 0.294. The molecule has 1 atom stereocenters. The summed E-state index contributed by atoms with van der Waals surface area (Å²) in [6.45, 7) is 6.36. The Balaban J connectivity index is 2.77. The summed E-state index contributed by atoms with van der Waals surface area (Å²) in [6.07, 6.45) is 1.23. The van der Waals surface area contributed by atoms with Crippen molar-refractivity contribution >= 4 is 28.4 Å². The fraction of sp³-hybridized carbons (Fsp3) is 0.500. The lowest BCUT2D eigenvalue weighted by Crippen LogP contribution is -2.22. The van der Waals surface area contributed by atoms with Gasteiger partial charge < -0.3 is 5.32 Å². The normalized spacial score (nSPS) is 13.0. The molecule has 0 aromatic carbocycles. The second-order valence-corrected chi connectivity index (χ2v) is 4.82. The van der Waals surface area contributed by atoms with Crippen molar-refractivity contribution in [3.05, 3.63) is 21.7 Å². The molecule has 0 radical (unpaired) electrons. The van der Waals surface area contributed by atoms with Crippen LogP contribution in [0, 0.1) is 15.3 Å². The molecule has 0 fully saturated rings. The molecule has 0 spiro atoms. The second-order valence-electron chi connectivity index (χ2n) is 3.66. The summed E-state index contributed by atoms with van der Waals surface area (Å²) in [7, 11) is 0. The van der Waals surface area contributed by atoms with Crippen LogP contribution in [0.3, 0.4) is 0 Å². The van der Waals surface area contributed by atoms with Crippen molar-refractivity contribution in [3.63, 3.8) is 0 Å². The first-order valence-electron chi connectivity index (χ1n) is 4.58. The quantitative estimate of drug-likeness (QED) is 0.867. The minimum Gasteiger partial charge on any atom is -0.366 e. The Bertz CT molecular complexity index is 315. The van der Waals surface area contributed by atoms with Crippen LogP contribution >= 0.6 is 22.6 Å².